The van der Waals surface area contributed by atoms with E-state index in [4.69, 9.17) is 9.15 Å². The van der Waals surface area contributed by atoms with Crippen LogP contribution in [-0.2, 0) is 35.5 Å². The third kappa shape index (κ3) is 5.04. The van der Waals surface area contributed by atoms with E-state index in [-0.39, 0.29) is 18.9 Å². The van der Waals surface area contributed by atoms with Crippen molar-refractivity contribution in [2.24, 2.45) is 0 Å². The molecule has 0 bridgehead atoms. The Morgan fingerprint density at radius 1 is 1.38 bits per heavy atom. The van der Waals surface area contributed by atoms with Crippen LogP contribution in [0.25, 0.3) is 6.08 Å². The predicted molar refractivity (Wildman–Crippen MR) is 119 cm³/mol. The summed E-state index contributed by atoms with van der Waals surface area (Å²) in [7, 11) is 0. The quantitative estimate of drug-likeness (QED) is 0.568. The molecule has 1 aliphatic heterocycles. The molecule has 1 N–H and O–H groups in total. The number of nitrogens with one attached hydrogen (secondary N) is 1. The highest BCUT2D eigenvalue weighted by Gasteiger charge is 2.28. The van der Waals surface area contributed by atoms with E-state index in [2.05, 4.69) is 16.4 Å². The number of nitrogens with zero attached hydrogens (tertiary/aromatic N) is 3. The van der Waals surface area contributed by atoms with E-state index in [0.717, 1.165) is 21.6 Å². The van der Waals surface area contributed by atoms with Gasteiger partial charge in [-0.3, -0.25) is 9.78 Å². The number of aromatic nitrogens is 1. The van der Waals surface area contributed by atoms with Gasteiger partial charge in [0, 0.05) is 41.0 Å². The minimum atomic E-state index is -0.401. The van der Waals surface area contributed by atoms with Crippen LogP contribution in [0.2, 0.25) is 0 Å². The fourth-order valence-corrected chi connectivity index (χ4v) is 4.69. The number of carbonyl (C=O) groups excluding carboxylic acids is 2. The first-order valence-electron chi connectivity index (χ1n) is 9.97. The maximum absolute atomic E-state index is 12.5. The smallest absolute Gasteiger partial charge is 0.410 e. The van der Waals surface area contributed by atoms with Crippen LogP contribution in [0.1, 0.15) is 27.3 Å². The van der Waals surface area contributed by atoms with E-state index < -0.39 is 6.09 Å². The van der Waals surface area contributed by atoms with Crippen molar-refractivity contribution in [3.05, 3.63) is 76.3 Å². The second-order valence-corrected chi connectivity index (χ2v) is 8.18. The number of thiophene rings is 1. The van der Waals surface area contributed by atoms with Crippen LogP contribution >= 0.6 is 11.3 Å². The van der Waals surface area contributed by atoms with Crippen LogP contribution in [-0.4, -0.2) is 28.4 Å². The first kappa shape index (κ1) is 21.3. The zero-order chi connectivity index (χ0) is 22.3. The molecule has 0 fully saturated rings. The summed E-state index contributed by atoms with van der Waals surface area (Å²) in [5.74, 6) is 0.259. The van der Waals surface area contributed by atoms with Gasteiger partial charge in [0.1, 0.15) is 17.4 Å². The summed E-state index contributed by atoms with van der Waals surface area (Å²) in [6, 6.07) is 9.29. The molecule has 8 nitrogen and oxygen atoms in total. The second-order valence-electron chi connectivity index (χ2n) is 7.07. The molecular weight excluding hydrogens is 428 g/mol. The Balaban J connectivity index is 1.43. The Morgan fingerprint density at radius 3 is 3.03 bits per heavy atom. The van der Waals surface area contributed by atoms with Crippen LogP contribution in [0.15, 0.2) is 53.4 Å². The molecule has 1 aliphatic rings. The van der Waals surface area contributed by atoms with Crippen LogP contribution in [0.4, 0.5) is 9.80 Å². The largest absolute Gasteiger partial charge is 0.465 e. The summed E-state index contributed by atoms with van der Waals surface area (Å²) < 4.78 is 10.6. The number of amides is 2. The highest BCUT2D eigenvalue weighted by Crippen LogP contribution is 2.37. The summed E-state index contributed by atoms with van der Waals surface area (Å²) >= 11 is 1.39. The summed E-state index contributed by atoms with van der Waals surface area (Å²) in [4.78, 5) is 31.5. The maximum atomic E-state index is 12.5. The van der Waals surface area contributed by atoms with Gasteiger partial charge < -0.3 is 19.4 Å². The molecule has 9 heteroatoms. The van der Waals surface area contributed by atoms with E-state index in [0.29, 0.717) is 30.3 Å². The lowest BCUT2D eigenvalue weighted by Gasteiger charge is -2.26. The van der Waals surface area contributed by atoms with E-state index in [1.54, 1.807) is 41.6 Å². The lowest BCUT2D eigenvalue weighted by molar-refractivity contribution is -0.111. The molecule has 4 heterocycles. The van der Waals surface area contributed by atoms with Crippen molar-refractivity contribution in [2.45, 2.75) is 26.0 Å². The minimum Gasteiger partial charge on any atom is -0.465 e. The standard InChI is InChI=1S/C23H20N4O4S/c24-9-7-19-18-8-11-27(23(29)31-15-16-3-1-10-25-13-16)14-20(18)32-22(19)26-21(28)6-5-17-4-2-12-30-17/h1-6,10,12-13H,7-8,11,14-15H2,(H,26,28). The Kier molecular flexibility index (Phi) is 6.63. The molecule has 2 amide bonds. The van der Waals surface area contributed by atoms with Gasteiger partial charge in [-0.2, -0.15) is 5.26 Å². The number of fused-ring (bicyclic) bond motifs is 1. The Morgan fingerprint density at radius 2 is 2.28 bits per heavy atom. The van der Waals surface area contributed by atoms with Crippen molar-refractivity contribution in [1.29, 1.82) is 5.26 Å². The van der Waals surface area contributed by atoms with Gasteiger partial charge in [0.05, 0.1) is 25.3 Å². The van der Waals surface area contributed by atoms with Gasteiger partial charge in [0.25, 0.3) is 0 Å². The number of furan rings is 1. The van der Waals surface area contributed by atoms with Gasteiger partial charge >= 0.3 is 6.09 Å². The summed E-state index contributed by atoms with van der Waals surface area (Å²) in [6.07, 6.45) is 8.20. The van der Waals surface area contributed by atoms with E-state index in [1.807, 2.05) is 6.07 Å². The fourth-order valence-electron chi connectivity index (χ4n) is 3.41. The molecule has 32 heavy (non-hydrogen) atoms. The highest BCUT2D eigenvalue weighted by atomic mass is 32.1. The third-order valence-electron chi connectivity index (χ3n) is 4.94. The molecule has 0 unspecified atom stereocenters. The van der Waals surface area contributed by atoms with Gasteiger partial charge in [-0.15, -0.1) is 11.3 Å². The van der Waals surface area contributed by atoms with Crippen molar-refractivity contribution >= 4 is 34.4 Å². The number of rotatable bonds is 6. The summed E-state index contributed by atoms with van der Waals surface area (Å²) in [6.45, 7) is 1.02. The minimum absolute atomic E-state index is 0.156. The zero-order valence-corrected chi connectivity index (χ0v) is 17.9. The molecule has 3 aromatic rings. The van der Waals surface area contributed by atoms with E-state index in [9.17, 15) is 14.9 Å². The van der Waals surface area contributed by atoms with Gasteiger partial charge in [0.2, 0.25) is 5.91 Å². The monoisotopic (exact) mass is 448 g/mol. The highest BCUT2D eigenvalue weighted by molar-refractivity contribution is 7.16. The number of hydrogen-bond donors (Lipinski definition) is 1. The number of ether oxygens (including phenoxy) is 1. The van der Waals surface area contributed by atoms with Gasteiger partial charge in [-0.1, -0.05) is 6.07 Å². The van der Waals surface area contributed by atoms with Crippen LogP contribution in [0, 0.1) is 11.3 Å². The molecule has 0 radical (unpaired) electrons. The van der Waals surface area contributed by atoms with Crippen LogP contribution < -0.4 is 5.32 Å². The average molecular weight is 449 g/mol. The second kappa shape index (κ2) is 9.94. The lowest BCUT2D eigenvalue weighted by atomic mass is 10.0. The maximum Gasteiger partial charge on any atom is 0.410 e. The van der Waals surface area contributed by atoms with Crippen molar-refractivity contribution in [1.82, 2.24) is 9.88 Å². The molecule has 0 aromatic carbocycles. The first-order chi connectivity index (χ1) is 15.6. The summed E-state index contributed by atoms with van der Waals surface area (Å²) in [5.41, 5.74) is 2.66. The topological polar surface area (TPSA) is 108 Å². The summed E-state index contributed by atoms with van der Waals surface area (Å²) in [5, 5.41) is 12.8. The number of anilines is 1. The molecule has 0 atom stereocenters. The number of pyridine rings is 1. The van der Waals surface area contributed by atoms with Gasteiger partial charge in [0.15, 0.2) is 0 Å². The number of carbonyl (C=O) groups is 2. The molecule has 0 spiro atoms. The third-order valence-corrected chi connectivity index (χ3v) is 6.12. The fraction of sp³-hybridized carbons (Fsp3) is 0.217. The van der Waals surface area contributed by atoms with Gasteiger partial charge in [-0.25, -0.2) is 4.79 Å². The molecule has 0 aliphatic carbocycles. The predicted octanol–water partition coefficient (Wildman–Crippen LogP) is 4.15. The van der Waals surface area contributed by atoms with Crippen molar-refractivity contribution in [2.75, 3.05) is 11.9 Å². The normalized spacial score (nSPS) is 12.9. The van der Waals surface area contributed by atoms with Crippen molar-refractivity contribution < 1.29 is 18.7 Å². The Labute approximate surface area is 188 Å². The number of nitriles is 1. The van der Waals surface area contributed by atoms with Gasteiger partial charge in [-0.05, 0) is 36.3 Å². The van der Waals surface area contributed by atoms with E-state index >= 15 is 0 Å². The number of hydrogen-bond acceptors (Lipinski definition) is 7. The van der Waals surface area contributed by atoms with Crippen molar-refractivity contribution in [3.63, 3.8) is 0 Å². The SMILES string of the molecule is N#CCc1c(NC(=O)C=Cc2ccco2)sc2c1CCN(C(=O)OCc1cccnc1)C2. The molecule has 0 saturated heterocycles. The first-order valence-corrected chi connectivity index (χ1v) is 10.8. The Bertz CT molecular complexity index is 1160. The van der Waals surface area contributed by atoms with Crippen molar-refractivity contribution in [3.8, 4) is 6.07 Å². The molecular formula is C23H20N4O4S. The molecule has 3 aromatic heterocycles. The lowest BCUT2D eigenvalue weighted by Crippen LogP contribution is -2.35. The Hall–Kier alpha value is -3.90. The molecule has 162 valence electrons. The van der Waals surface area contributed by atoms with Crippen LogP contribution in [0.3, 0.4) is 0 Å². The molecule has 0 saturated carbocycles. The molecule has 4 rings (SSSR count). The zero-order valence-electron chi connectivity index (χ0n) is 17.1. The van der Waals surface area contributed by atoms with Crippen LogP contribution in [0.5, 0.6) is 0 Å². The van der Waals surface area contributed by atoms with E-state index in [1.165, 1.54) is 23.7 Å². The average Bonchev–Trinajstić information content (AvgIpc) is 3.45.